The Kier molecular flexibility index (Phi) is 1.45. The molecule has 2 heteroatoms. The Morgan fingerprint density at radius 2 is 2.25 bits per heavy atom. The lowest BCUT2D eigenvalue weighted by molar-refractivity contribution is 0.0445. The van der Waals surface area contributed by atoms with Gasteiger partial charge in [0.05, 0.1) is 0 Å². The molecule has 1 aromatic carbocycles. The van der Waals surface area contributed by atoms with Gasteiger partial charge in [-0.25, -0.2) is 0 Å². The van der Waals surface area contributed by atoms with Crippen molar-refractivity contribution in [3.8, 4) is 5.75 Å². The molecule has 0 unspecified atom stereocenters. The molecule has 0 radical (unpaired) electrons. The molecule has 2 rings (SSSR count). The van der Waals surface area contributed by atoms with Crippen LogP contribution in [0, 0.1) is 6.92 Å². The summed E-state index contributed by atoms with van der Waals surface area (Å²) < 4.78 is 5.16. The molecule has 62 valence electrons. The molecular weight excluding hydrogens is 152 g/mol. The van der Waals surface area contributed by atoms with E-state index in [0.717, 1.165) is 16.9 Å². The molecule has 2 nitrogen and oxygen atoms in total. The van der Waals surface area contributed by atoms with Crippen LogP contribution in [0.1, 0.15) is 11.1 Å². The van der Waals surface area contributed by atoms with E-state index in [0.29, 0.717) is 5.57 Å². The number of ether oxygens (including phenoxy) is 1. The number of hydrogen-bond donors (Lipinski definition) is 1. The molecule has 1 aliphatic rings. The van der Waals surface area contributed by atoms with E-state index in [4.69, 9.17) is 4.74 Å². The van der Waals surface area contributed by atoms with Crippen molar-refractivity contribution in [1.82, 2.24) is 0 Å². The van der Waals surface area contributed by atoms with Gasteiger partial charge in [0.25, 0.3) is 0 Å². The summed E-state index contributed by atoms with van der Waals surface area (Å²) in [4.78, 5) is 0. The summed E-state index contributed by atoms with van der Waals surface area (Å²) in [6, 6.07) is 5.80. The van der Waals surface area contributed by atoms with Crippen LogP contribution in [0.25, 0.3) is 5.57 Å². The minimum Gasteiger partial charge on any atom is -0.460 e. The standard InChI is InChI=1S/C10H10O2/c1-6-3-4-8-7(2)10(11)12-9(8)5-6/h3-5,10-11H,2H2,1H3/t10-/m0/s1. The average molecular weight is 162 g/mol. The maximum absolute atomic E-state index is 9.29. The van der Waals surface area contributed by atoms with E-state index in [1.807, 2.05) is 25.1 Å². The van der Waals surface area contributed by atoms with Gasteiger partial charge in [0.2, 0.25) is 6.29 Å². The second-order valence-electron chi connectivity index (χ2n) is 3.00. The molecule has 1 N–H and O–H groups in total. The van der Waals surface area contributed by atoms with Crippen molar-refractivity contribution in [2.45, 2.75) is 13.2 Å². The molecule has 0 bridgehead atoms. The second kappa shape index (κ2) is 2.35. The Bertz CT molecular complexity index is 342. The van der Waals surface area contributed by atoms with Crippen LogP contribution in [-0.2, 0) is 0 Å². The van der Waals surface area contributed by atoms with Crippen molar-refractivity contribution < 1.29 is 9.84 Å². The second-order valence-corrected chi connectivity index (χ2v) is 3.00. The van der Waals surface area contributed by atoms with Crippen molar-refractivity contribution in [2.75, 3.05) is 0 Å². The van der Waals surface area contributed by atoms with Crippen LogP contribution in [0.4, 0.5) is 0 Å². The molecule has 0 saturated heterocycles. The summed E-state index contributed by atoms with van der Waals surface area (Å²) in [6.45, 7) is 5.71. The lowest BCUT2D eigenvalue weighted by Gasteiger charge is -2.01. The summed E-state index contributed by atoms with van der Waals surface area (Å²) in [5.74, 6) is 0.729. The van der Waals surface area contributed by atoms with E-state index in [9.17, 15) is 5.11 Å². The number of fused-ring (bicyclic) bond motifs is 1. The van der Waals surface area contributed by atoms with Gasteiger partial charge in [-0.05, 0) is 18.6 Å². The fourth-order valence-corrected chi connectivity index (χ4v) is 1.32. The highest BCUT2D eigenvalue weighted by Crippen LogP contribution is 2.35. The lowest BCUT2D eigenvalue weighted by atomic mass is 10.1. The third kappa shape index (κ3) is 0.924. The fourth-order valence-electron chi connectivity index (χ4n) is 1.32. The predicted octanol–water partition coefficient (Wildman–Crippen LogP) is 1.72. The van der Waals surface area contributed by atoms with E-state index in [-0.39, 0.29) is 0 Å². The van der Waals surface area contributed by atoms with Crippen molar-refractivity contribution in [3.63, 3.8) is 0 Å². The van der Waals surface area contributed by atoms with Crippen LogP contribution in [0.2, 0.25) is 0 Å². The summed E-state index contributed by atoms with van der Waals surface area (Å²) in [6.07, 6.45) is -0.859. The summed E-state index contributed by atoms with van der Waals surface area (Å²) in [5, 5.41) is 9.29. The van der Waals surface area contributed by atoms with E-state index in [1.54, 1.807) is 0 Å². The zero-order chi connectivity index (χ0) is 8.72. The van der Waals surface area contributed by atoms with E-state index in [1.165, 1.54) is 0 Å². The monoisotopic (exact) mass is 162 g/mol. The number of aliphatic hydroxyl groups is 1. The first-order valence-electron chi connectivity index (χ1n) is 3.83. The third-order valence-corrected chi connectivity index (χ3v) is 2.02. The molecule has 1 atom stereocenters. The molecule has 0 fully saturated rings. The van der Waals surface area contributed by atoms with Gasteiger partial charge in [-0.2, -0.15) is 0 Å². The lowest BCUT2D eigenvalue weighted by Crippen LogP contribution is -2.08. The molecule has 0 saturated carbocycles. The Labute approximate surface area is 71.1 Å². The minimum absolute atomic E-state index is 0.644. The Balaban J connectivity index is 2.54. The first-order valence-corrected chi connectivity index (χ1v) is 3.83. The van der Waals surface area contributed by atoms with Crippen LogP contribution < -0.4 is 4.74 Å². The normalized spacial score (nSPS) is 20.5. The molecule has 1 aromatic rings. The molecule has 1 heterocycles. The molecule has 0 spiro atoms. The SMILES string of the molecule is C=C1c2ccc(C)cc2O[C@@H]1O. The highest BCUT2D eigenvalue weighted by atomic mass is 16.6. The number of benzene rings is 1. The van der Waals surface area contributed by atoms with Crippen LogP contribution in [0.3, 0.4) is 0 Å². The predicted molar refractivity (Wildman–Crippen MR) is 46.8 cm³/mol. The highest BCUT2D eigenvalue weighted by Gasteiger charge is 2.24. The van der Waals surface area contributed by atoms with E-state index in [2.05, 4.69) is 6.58 Å². The van der Waals surface area contributed by atoms with Crippen LogP contribution in [0.15, 0.2) is 24.8 Å². The molecule has 0 aromatic heterocycles. The Morgan fingerprint density at radius 3 is 3.00 bits per heavy atom. The highest BCUT2D eigenvalue weighted by molar-refractivity contribution is 5.74. The number of rotatable bonds is 0. The first-order chi connectivity index (χ1) is 5.68. The van der Waals surface area contributed by atoms with E-state index >= 15 is 0 Å². The zero-order valence-electron chi connectivity index (χ0n) is 6.87. The molecular formula is C10H10O2. The largest absolute Gasteiger partial charge is 0.460 e. The van der Waals surface area contributed by atoms with Gasteiger partial charge < -0.3 is 9.84 Å². The number of aliphatic hydroxyl groups excluding tert-OH is 1. The van der Waals surface area contributed by atoms with Crippen LogP contribution in [-0.4, -0.2) is 11.4 Å². The summed E-state index contributed by atoms with van der Waals surface area (Å²) in [7, 11) is 0. The maximum atomic E-state index is 9.29. The van der Waals surface area contributed by atoms with Crippen molar-refractivity contribution in [3.05, 3.63) is 35.9 Å². The van der Waals surface area contributed by atoms with Gasteiger partial charge >= 0.3 is 0 Å². The third-order valence-electron chi connectivity index (χ3n) is 2.02. The minimum atomic E-state index is -0.859. The van der Waals surface area contributed by atoms with Crippen LogP contribution >= 0.6 is 0 Å². The Hall–Kier alpha value is -1.28. The van der Waals surface area contributed by atoms with Crippen molar-refractivity contribution in [1.29, 1.82) is 0 Å². The first kappa shape index (κ1) is 7.37. The van der Waals surface area contributed by atoms with Gasteiger partial charge in [-0.1, -0.05) is 18.7 Å². The summed E-state index contributed by atoms with van der Waals surface area (Å²) in [5.41, 5.74) is 2.67. The van der Waals surface area contributed by atoms with Crippen molar-refractivity contribution >= 4 is 5.57 Å². The average Bonchev–Trinajstić information content (AvgIpc) is 2.28. The summed E-state index contributed by atoms with van der Waals surface area (Å²) >= 11 is 0. The van der Waals surface area contributed by atoms with Crippen molar-refractivity contribution in [2.24, 2.45) is 0 Å². The molecule has 1 aliphatic heterocycles. The molecule has 12 heavy (non-hydrogen) atoms. The number of aryl methyl sites for hydroxylation is 1. The van der Waals surface area contributed by atoms with E-state index < -0.39 is 6.29 Å². The smallest absolute Gasteiger partial charge is 0.224 e. The van der Waals surface area contributed by atoms with Gasteiger partial charge in [0.15, 0.2) is 0 Å². The van der Waals surface area contributed by atoms with Gasteiger partial charge in [-0.3, -0.25) is 0 Å². The topological polar surface area (TPSA) is 29.5 Å². The Morgan fingerprint density at radius 1 is 1.50 bits per heavy atom. The van der Waals surface area contributed by atoms with Gasteiger partial charge in [0.1, 0.15) is 5.75 Å². The fraction of sp³-hybridized carbons (Fsp3) is 0.200. The number of hydrogen-bond acceptors (Lipinski definition) is 2. The molecule has 0 aliphatic carbocycles. The van der Waals surface area contributed by atoms with Crippen LogP contribution in [0.5, 0.6) is 5.75 Å². The zero-order valence-corrected chi connectivity index (χ0v) is 6.87. The van der Waals surface area contributed by atoms with Gasteiger partial charge in [-0.15, -0.1) is 0 Å². The molecule has 0 amide bonds. The van der Waals surface area contributed by atoms with Gasteiger partial charge in [0, 0.05) is 11.1 Å². The quantitative estimate of drug-likeness (QED) is 0.629. The maximum Gasteiger partial charge on any atom is 0.224 e.